The summed E-state index contributed by atoms with van der Waals surface area (Å²) in [6, 6.07) is 5.44. The number of hydrogen-bond acceptors (Lipinski definition) is 2. The van der Waals surface area contributed by atoms with Crippen molar-refractivity contribution in [2.24, 2.45) is 0 Å². The van der Waals surface area contributed by atoms with Gasteiger partial charge in [0.2, 0.25) is 0 Å². The molecule has 16 heavy (non-hydrogen) atoms. The number of nitrogens with one attached hydrogen (secondary N) is 1. The Morgan fingerprint density at radius 3 is 2.75 bits per heavy atom. The number of aliphatic carboxylic acids is 1. The van der Waals surface area contributed by atoms with Crippen LogP contribution in [0.1, 0.15) is 25.2 Å². The Morgan fingerprint density at radius 1 is 1.44 bits per heavy atom. The lowest BCUT2D eigenvalue weighted by atomic mass is 10.1. The SMILES string of the molecule is CC.Cc1nc2ccc(CC(=O)O)cc2[nH]1. The van der Waals surface area contributed by atoms with Crippen LogP contribution in [0.25, 0.3) is 11.0 Å². The summed E-state index contributed by atoms with van der Waals surface area (Å²) in [5, 5.41) is 8.62. The molecule has 1 aromatic carbocycles. The second-order valence-corrected chi connectivity index (χ2v) is 3.24. The second-order valence-electron chi connectivity index (χ2n) is 3.24. The summed E-state index contributed by atoms with van der Waals surface area (Å²) >= 11 is 0. The maximum absolute atomic E-state index is 10.5. The van der Waals surface area contributed by atoms with Gasteiger partial charge in [0.05, 0.1) is 17.5 Å². The van der Waals surface area contributed by atoms with Gasteiger partial charge in [-0.1, -0.05) is 19.9 Å². The van der Waals surface area contributed by atoms with Gasteiger partial charge >= 0.3 is 5.97 Å². The molecular weight excluding hydrogens is 204 g/mol. The highest BCUT2D eigenvalue weighted by molar-refractivity contribution is 5.78. The molecule has 0 fully saturated rings. The van der Waals surface area contributed by atoms with Crippen molar-refractivity contribution in [3.05, 3.63) is 29.6 Å². The van der Waals surface area contributed by atoms with E-state index in [9.17, 15) is 4.79 Å². The molecule has 0 bridgehead atoms. The lowest BCUT2D eigenvalue weighted by Crippen LogP contribution is -1.99. The van der Waals surface area contributed by atoms with Gasteiger partial charge in [0, 0.05) is 0 Å². The van der Waals surface area contributed by atoms with Gasteiger partial charge in [0.15, 0.2) is 0 Å². The van der Waals surface area contributed by atoms with Gasteiger partial charge < -0.3 is 10.1 Å². The highest BCUT2D eigenvalue weighted by Crippen LogP contribution is 2.13. The first-order valence-electron chi connectivity index (χ1n) is 5.32. The predicted molar refractivity (Wildman–Crippen MR) is 63.5 cm³/mol. The summed E-state index contributed by atoms with van der Waals surface area (Å²) in [6.07, 6.45) is 0.0496. The summed E-state index contributed by atoms with van der Waals surface area (Å²) in [7, 11) is 0. The molecule has 4 nitrogen and oxygen atoms in total. The predicted octanol–water partition coefficient (Wildman–Crippen LogP) is 2.52. The van der Waals surface area contributed by atoms with E-state index in [-0.39, 0.29) is 6.42 Å². The molecule has 0 amide bonds. The van der Waals surface area contributed by atoms with E-state index in [1.54, 1.807) is 6.07 Å². The van der Waals surface area contributed by atoms with Crippen LogP contribution in [0.3, 0.4) is 0 Å². The molecular formula is C12H16N2O2. The first-order valence-corrected chi connectivity index (χ1v) is 5.32. The van der Waals surface area contributed by atoms with Crippen LogP contribution in [-0.2, 0) is 11.2 Å². The minimum Gasteiger partial charge on any atom is -0.481 e. The monoisotopic (exact) mass is 220 g/mol. The van der Waals surface area contributed by atoms with E-state index in [0.717, 1.165) is 22.4 Å². The number of carboxylic acid groups (broad SMARTS) is 1. The van der Waals surface area contributed by atoms with Crippen LogP contribution in [-0.4, -0.2) is 21.0 Å². The van der Waals surface area contributed by atoms with Crippen molar-refractivity contribution >= 4 is 17.0 Å². The minimum absolute atomic E-state index is 0.0496. The Kier molecular flexibility index (Phi) is 4.05. The summed E-state index contributed by atoms with van der Waals surface area (Å²) in [6.45, 7) is 5.87. The third kappa shape index (κ3) is 2.82. The van der Waals surface area contributed by atoms with E-state index in [2.05, 4.69) is 9.97 Å². The number of carbonyl (C=O) groups is 1. The molecule has 4 heteroatoms. The maximum Gasteiger partial charge on any atom is 0.307 e. The van der Waals surface area contributed by atoms with E-state index in [0.29, 0.717) is 0 Å². The molecule has 1 heterocycles. The van der Waals surface area contributed by atoms with Gasteiger partial charge in [-0.2, -0.15) is 0 Å². The molecule has 0 saturated carbocycles. The van der Waals surface area contributed by atoms with Gasteiger partial charge in [-0.15, -0.1) is 0 Å². The summed E-state index contributed by atoms with van der Waals surface area (Å²) in [4.78, 5) is 17.8. The first kappa shape index (κ1) is 12.2. The number of nitrogens with zero attached hydrogens (tertiary/aromatic N) is 1. The van der Waals surface area contributed by atoms with Gasteiger partial charge in [-0.3, -0.25) is 4.79 Å². The number of carboxylic acids is 1. The second kappa shape index (κ2) is 5.30. The molecule has 0 unspecified atom stereocenters. The summed E-state index contributed by atoms with van der Waals surface area (Å²) < 4.78 is 0. The van der Waals surface area contributed by atoms with Crippen molar-refractivity contribution in [2.45, 2.75) is 27.2 Å². The highest BCUT2D eigenvalue weighted by atomic mass is 16.4. The van der Waals surface area contributed by atoms with Crippen molar-refractivity contribution in [3.63, 3.8) is 0 Å². The van der Waals surface area contributed by atoms with Crippen molar-refractivity contribution in [3.8, 4) is 0 Å². The Balaban J connectivity index is 0.000000606. The number of aryl methyl sites for hydroxylation is 1. The Bertz CT molecular complexity index is 489. The fourth-order valence-electron chi connectivity index (χ4n) is 1.47. The molecule has 0 atom stereocenters. The highest BCUT2D eigenvalue weighted by Gasteiger charge is 2.03. The number of H-pyrrole nitrogens is 1. The fraction of sp³-hybridized carbons (Fsp3) is 0.333. The average Bonchev–Trinajstić information content (AvgIpc) is 2.59. The number of fused-ring (bicyclic) bond motifs is 1. The smallest absolute Gasteiger partial charge is 0.307 e. The summed E-state index contributed by atoms with van der Waals surface area (Å²) in [5.74, 6) is 0.0214. The van der Waals surface area contributed by atoms with Crippen LogP contribution in [0.2, 0.25) is 0 Å². The van der Waals surface area contributed by atoms with E-state index < -0.39 is 5.97 Å². The molecule has 0 spiro atoms. The lowest BCUT2D eigenvalue weighted by molar-refractivity contribution is -0.136. The van der Waals surface area contributed by atoms with Crippen LogP contribution in [0.15, 0.2) is 18.2 Å². The molecule has 2 N–H and O–H groups in total. The van der Waals surface area contributed by atoms with Crippen LogP contribution in [0.5, 0.6) is 0 Å². The maximum atomic E-state index is 10.5. The number of aromatic amines is 1. The Morgan fingerprint density at radius 2 is 2.12 bits per heavy atom. The van der Waals surface area contributed by atoms with Gasteiger partial charge in [-0.05, 0) is 24.6 Å². The van der Waals surface area contributed by atoms with Crippen molar-refractivity contribution in [2.75, 3.05) is 0 Å². The number of aromatic nitrogens is 2. The molecule has 0 aliphatic carbocycles. The molecule has 2 rings (SSSR count). The molecule has 0 saturated heterocycles. The third-order valence-electron chi connectivity index (χ3n) is 2.02. The van der Waals surface area contributed by atoms with Crippen molar-refractivity contribution < 1.29 is 9.90 Å². The normalized spacial score (nSPS) is 9.69. The van der Waals surface area contributed by atoms with Crippen LogP contribution in [0, 0.1) is 6.92 Å². The fourth-order valence-corrected chi connectivity index (χ4v) is 1.47. The largest absolute Gasteiger partial charge is 0.481 e. The van der Waals surface area contributed by atoms with Crippen molar-refractivity contribution in [1.82, 2.24) is 9.97 Å². The van der Waals surface area contributed by atoms with E-state index in [4.69, 9.17) is 5.11 Å². The average molecular weight is 220 g/mol. The standard InChI is InChI=1S/C10H10N2O2.C2H6/c1-6-11-8-3-2-7(5-10(13)14)4-9(8)12-6;1-2/h2-4H,5H2,1H3,(H,11,12)(H,13,14);1-2H3. The van der Waals surface area contributed by atoms with Gasteiger partial charge in [0.25, 0.3) is 0 Å². The van der Waals surface area contributed by atoms with Crippen LogP contribution in [0.4, 0.5) is 0 Å². The first-order chi connectivity index (χ1) is 7.65. The minimum atomic E-state index is -0.819. The summed E-state index contributed by atoms with van der Waals surface area (Å²) in [5.41, 5.74) is 2.55. The number of benzene rings is 1. The zero-order chi connectivity index (χ0) is 12.1. The van der Waals surface area contributed by atoms with Crippen molar-refractivity contribution in [1.29, 1.82) is 0 Å². The van der Waals surface area contributed by atoms with E-state index in [1.807, 2.05) is 32.9 Å². The molecule has 0 aliphatic heterocycles. The lowest BCUT2D eigenvalue weighted by Gasteiger charge is -1.95. The van der Waals surface area contributed by atoms with Gasteiger partial charge in [0.1, 0.15) is 5.82 Å². The zero-order valence-corrected chi connectivity index (χ0v) is 9.74. The quantitative estimate of drug-likeness (QED) is 0.817. The van der Waals surface area contributed by atoms with Crippen LogP contribution >= 0.6 is 0 Å². The topological polar surface area (TPSA) is 66.0 Å². The van der Waals surface area contributed by atoms with Crippen LogP contribution < -0.4 is 0 Å². The number of hydrogen-bond donors (Lipinski definition) is 2. The Hall–Kier alpha value is -1.84. The number of imidazole rings is 1. The Labute approximate surface area is 94.3 Å². The zero-order valence-electron chi connectivity index (χ0n) is 9.74. The molecule has 0 radical (unpaired) electrons. The molecule has 2 aromatic rings. The number of rotatable bonds is 2. The molecule has 86 valence electrons. The molecule has 1 aromatic heterocycles. The molecule has 0 aliphatic rings. The van der Waals surface area contributed by atoms with E-state index in [1.165, 1.54) is 0 Å². The van der Waals surface area contributed by atoms with E-state index >= 15 is 0 Å². The third-order valence-corrected chi connectivity index (χ3v) is 2.02. The van der Waals surface area contributed by atoms with Gasteiger partial charge in [-0.25, -0.2) is 4.98 Å².